The fourth-order valence-corrected chi connectivity index (χ4v) is 5.98. The Morgan fingerprint density at radius 3 is 2.68 bits per heavy atom. The van der Waals surface area contributed by atoms with E-state index in [0.717, 1.165) is 11.3 Å². The quantitative estimate of drug-likeness (QED) is 0.352. The van der Waals surface area contributed by atoms with Gasteiger partial charge < -0.3 is 14.0 Å². The second-order valence-electron chi connectivity index (χ2n) is 9.08. The molecule has 0 amide bonds. The Labute approximate surface area is 191 Å². The van der Waals surface area contributed by atoms with Gasteiger partial charge in [0.1, 0.15) is 11.4 Å². The fraction of sp³-hybridized carbons (Fsp3) is 0.522. The predicted octanol–water partition coefficient (Wildman–Crippen LogP) is 5.34. The minimum absolute atomic E-state index is 0.292. The van der Waals surface area contributed by atoms with Crippen molar-refractivity contribution in [2.75, 3.05) is 7.11 Å². The number of rotatable bonds is 4. The monoisotopic (exact) mass is 458 g/mol. The molecule has 4 rings (SSSR count). The van der Waals surface area contributed by atoms with Gasteiger partial charge in [0.25, 0.3) is 0 Å². The molecule has 1 aliphatic carbocycles. The number of aliphatic imine (C=N–C) groups is 1. The van der Waals surface area contributed by atoms with Crippen molar-refractivity contribution in [3.05, 3.63) is 44.2 Å². The summed E-state index contributed by atoms with van der Waals surface area (Å²) in [5.74, 6) is 1.50. The summed E-state index contributed by atoms with van der Waals surface area (Å²) in [4.78, 5) is 10.9. The minimum Gasteiger partial charge on any atom is -0.496 e. The maximum atomic E-state index is 9.36. The zero-order valence-electron chi connectivity index (χ0n) is 18.5. The van der Waals surface area contributed by atoms with Crippen LogP contribution >= 0.6 is 22.9 Å². The fourth-order valence-electron chi connectivity index (χ4n) is 4.48. The summed E-state index contributed by atoms with van der Waals surface area (Å²) in [6, 6.07) is 5.23. The van der Waals surface area contributed by atoms with Gasteiger partial charge in [-0.1, -0.05) is 29.4 Å². The number of benzene rings is 1. The number of fused-ring (bicyclic) bond motifs is 1. The van der Waals surface area contributed by atoms with E-state index < -0.39 is 11.2 Å². The Balaban J connectivity index is 1.93. The van der Waals surface area contributed by atoms with E-state index in [2.05, 4.69) is 37.3 Å². The van der Waals surface area contributed by atoms with Crippen molar-refractivity contribution in [1.29, 1.82) is 5.26 Å². The minimum atomic E-state index is -0.423. The van der Waals surface area contributed by atoms with Crippen LogP contribution in [-0.2, 0) is 22.5 Å². The van der Waals surface area contributed by atoms with Crippen LogP contribution < -0.4 is 9.54 Å². The van der Waals surface area contributed by atoms with E-state index in [1.807, 2.05) is 6.19 Å². The summed E-state index contributed by atoms with van der Waals surface area (Å²) in [5, 5.41) is 9.89. The number of nitriles is 1. The van der Waals surface area contributed by atoms with Crippen LogP contribution in [0.3, 0.4) is 0 Å². The summed E-state index contributed by atoms with van der Waals surface area (Å²) in [6.45, 7) is 9.30. The van der Waals surface area contributed by atoms with E-state index in [1.165, 1.54) is 29.8 Å². The van der Waals surface area contributed by atoms with Gasteiger partial charge in [-0.3, -0.25) is 0 Å². The van der Waals surface area contributed by atoms with Gasteiger partial charge >= 0.3 is 0 Å². The number of halogens is 1. The van der Waals surface area contributed by atoms with Gasteiger partial charge in [0.2, 0.25) is 6.19 Å². The molecule has 2 aliphatic rings. The Morgan fingerprint density at radius 2 is 2.06 bits per heavy atom. The predicted molar refractivity (Wildman–Crippen MR) is 123 cm³/mol. The first-order chi connectivity index (χ1) is 14.7. The molecular weight excluding hydrogens is 432 g/mol. The molecule has 0 N–H and O–H groups in total. The zero-order valence-corrected chi connectivity index (χ0v) is 20.1. The third-order valence-corrected chi connectivity index (χ3v) is 7.58. The topological polar surface area (TPSA) is 71.9 Å². The highest BCUT2D eigenvalue weighted by molar-refractivity contribution is 7.09. The molecule has 1 aromatic heterocycles. The van der Waals surface area contributed by atoms with Crippen LogP contribution in [0, 0.1) is 17.4 Å². The van der Waals surface area contributed by atoms with Crippen LogP contribution in [0.4, 0.5) is 0 Å². The van der Waals surface area contributed by atoms with Gasteiger partial charge in [0, 0.05) is 11.6 Å². The van der Waals surface area contributed by atoms with Crippen molar-refractivity contribution in [2.45, 2.75) is 64.7 Å². The zero-order chi connectivity index (χ0) is 22.4. The Kier molecular flexibility index (Phi) is 5.76. The molecule has 0 unspecified atom stereocenters. The van der Waals surface area contributed by atoms with E-state index in [1.54, 1.807) is 36.6 Å². The van der Waals surface area contributed by atoms with Crippen molar-refractivity contribution < 1.29 is 9.47 Å². The van der Waals surface area contributed by atoms with Crippen molar-refractivity contribution in [3.8, 4) is 11.9 Å². The SMILES string of the molecule is COc1ccc(Cl)cc1C(=NC#N)N=c1sc2c(n1CC1CCC1)C(C)(C)OC2(C)C. The lowest BCUT2D eigenvalue weighted by Gasteiger charge is -2.29. The lowest BCUT2D eigenvalue weighted by molar-refractivity contribution is -0.107. The normalized spacial score (nSPS) is 20.3. The first kappa shape index (κ1) is 22.1. The first-order valence-corrected chi connectivity index (χ1v) is 11.7. The maximum absolute atomic E-state index is 9.36. The number of methoxy groups -OCH3 is 1. The number of nitrogens with zero attached hydrogens (tertiary/aromatic N) is 4. The molecule has 2 heterocycles. The van der Waals surface area contributed by atoms with E-state index in [9.17, 15) is 5.26 Å². The molecule has 1 saturated carbocycles. The summed E-state index contributed by atoms with van der Waals surface area (Å²) in [6.07, 6.45) is 5.61. The van der Waals surface area contributed by atoms with Gasteiger partial charge in [-0.15, -0.1) is 0 Å². The van der Waals surface area contributed by atoms with Crippen molar-refractivity contribution in [1.82, 2.24) is 4.57 Å². The molecule has 164 valence electrons. The Hall–Kier alpha value is -2.14. The van der Waals surface area contributed by atoms with Crippen molar-refractivity contribution in [3.63, 3.8) is 0 Å². The lowest BCUT2D eigenvalue weighted by atomic mass is 9.85. The van der Waals surface area contributed by atoms with Crippen molar-refractivity contribution in [2.24, 2.45) is 15.9 Å². The number of aromatic nitrogens is 1. The summed E-state index contributed by atoms with van der Waals surface area (Å²) in [5.41, 5.74) is 0.934. The summed E-state index contributed by atoms with van der Waals surface area (Å²) < 4.78 is 14.2. The van der Waals surface area contributed by atoms with Crippen LogP contribution in [0.15, 0.2) is 28.2 Å². The lowest BCUT2D eigenvalue weighted by Crippen LogP contribution is -2.32. The molecule has 6 nitrogen and oxygen atoms in total. The van der Waals surface area contributed by atoms with Gasteiger partial charge in [0.15, 0.2) is 10.6 Å². The molecule has 31 heavy (non-hydrogen) atoms. The van der Waals surface area contributed by atoms with Crippen LogP contribution in [-0.4, -0.2) is 17.5 Å². The van der Waals surface area contributed by atoms with Gasteiger partial charge in [-0.2, -0.15) is 15.2 Å². The molecule has 0 atom stereocenters. The van der Waals surface area contributed by atoms with Gasteiger partial charge in [-0.25, -0.2) is 0 Å². The van der Waals surface area contributed by atoms with Crippen LogP contribution in [0.1, 0.15) is 63.1 Å². The number of hydrogen-bond acceptors (Lipinski definition) is 5. The largest absolute Gasteiger partial charge is 0.496 e. The van der Waals surface area contributed by atoms with E-state index in [4.69, 9.17) is 26.1 Å². The molecule has 1 aromatic carbocycles. The van der Waals surface area contributed by atoms with E-state index in [-0.39, 0.29) is 0 Å². The second kappa shape index (κ2) is 8.09. The molecule has 0 bridgehead atoms. The summed E-state index contributed by atoms with van der Waals surface area (Å²) in [7, 11) is 1.58. The molecule has 8 heteroatoms. The molecule has 0 radical (unpaired) electrons. The van der Waals surface area contributed by atoms with E-state index in [0.29, 0.717) is 28.1 Å². The van der Waals surface area contributed by atoms with Crippen molar-refractivity contribution >= 4 is 28.8 Å². The highest BCUT2D eigenvalue weighted by atomic mass is 35.5. The number of ether oxygens (including phenoxy) is 2. The molecular formula is C23H27ClN4O2S. The highest BCUT2D eigenvalue weighted by Crippen LogP contribution is 2.48. The van der Waals surface area contributed by atoms with Crippen LogP contribution in [0.5, 0.6) is 5.75 Å². The molecule has 1 fully saturated rings. The maximum Gasteiger partial charge on any atom is 0.207 e. The average Bonchev–Trinajstić information content (AvgIpc) is 3.11. The molecule has 1 aliphatic heterocycles. The first-order valence-electron chi connectivity index (χ1n) is 10.5. The van der Waals surface area contributed by atoms with Gasteiger partial charge in [0.05, 0.1) is 28.8 Å². The summed E-state index contributed by atoms with van der Waals surface area (Å²) >= 11 is 7.84. The number of hydrogen-bond donors (Lipinski definition) is 0. The number of thiazole rings is 1. The molecule has 0 spiro atoms. The third kappa shape index (κ3) is 4.05. The average molecular weight is 459 g/mol. The smallest absolute Gasteiger partial charge is 0.207 e. The number of amidine groups is 1. The standard InChI is InChI=1S/C23H27ClN4O2S/c1-22(2)18-19(23(3,4)30-22)31-21(28(18)12-14-7-6-8-14)27-20(26-13-25)16-11-15(24)9-10-17(16)29-5/h9-11,14H,6-8,12H2,1-5H3. The molecule has 2 aromatic rings. The van der Waals surface area contributed by atoms with Gasteiger partial charge in [-0.05, 0) is 64.7 Å². The molecule has 0 saturated heterocycles. The van der Waals surface area contributed by atoms with Crippen LogP contribution in [0.25, 0.3) is 0 Å². The second-order valence-corrected chi connectivity index (χ2v) is 10.5. The highest BCUT2D eigenvalue weighted by Gasteiger charge is 2.47. The van der Waals surface area contributed by atoms with Crippen LogP contribution in [0.2, 0.25) is 5.02 Å². The van der Waals surface area contributed by atoms with E-state index >= 15 is 0 Å². The Bertz CT molecular complexity index is 1150. The Morgan fingerprint density at radius 1 is 1.32 bits per heavy atom. The third-order valence-electron chi connectivity index (χ3n) is 5.96.